The minimum Gasteiger partial charge on any atom is -0.310 e. The van der Waals surface area contributed by atoms with Gasteiger partial charge in [-0.2, -0.15) is 5.10 Å². The van der Waals surface area contributed by atoms with Gasteiger partial charge in [0, 0.05) is 30.4 Å². The molecular weight excluding hydrogens is 288 g/mol. The molecule has 0 aliphatic heterocycles. The highest BCUT2D eigenvalue weighted by Gasteiger charge is 2.41. The van der Waals surface area contributed by atoms with Gasteiger partial charge in [0.15, 0.2) is 5.03 Å². The molecule has 7 heteroatoms. The molecule has 2 aliphatic rings. The van der Waals surface area contributed by atoms with Crippen LogP contribution >= 0.6 is 0 Å². The van der Waals surface area contributed by atoms with E-state index < -0.39 is 10.0 Å². The molecule has 118 valence electrons. The predicted molar refractivity (Wildman–Crippen MR) is 80.3 cm³/mol. The SMILES string of the molecule is CCC1(CNS(=O)(=O)c2n[nH]c(C)c2CNC2CC2)CC1. The number of H-pyrrole nitrogens is 1. The molecule has 3 N–H and O–H groups in total. The Balaban J connectivity index is 1.71. The summed E-state index contributed by atoms with van der Waals surface area (Å²) in [5.41, 5.74) is 1.76. The van der Waals surface area contributed by atoms with Gasteiger partial charge in [-0.05, 0) is 44.4 Å². The zero-order chi connectivity index (χ0) is 15.1. The lowest BCUT2D eigenvalue weighted by Gasteiger charge is -2.13. The number of hydrogen-bond acceptors (Lipinski definition) is 4. The fourth-order valence-electron chi connectivity index (χ4n) is 2.54. The van der Waals surface area contributed by atoms with Crippen LogP contribution in [0.2, 0.25) is 0 Å². The first-order valence-electron chi connectivity index (χ1n) is 7.73. The van der Waals surface area contributed by atoms with Gasteiger partial charge in [0.25, 0.3) is 10.0 Å². The topological polar surface area (TPSA) is 86.9 Å². The Morgan fingerprint density at radius 1 is 1.38 bits per heavy atom. The molecule has 0 spiro atoms. The van der Waals surface area contributed by atoms with Gasteiger partial charge in [-0.25, -0.2) is 13.1 Å². The fraction of sp³-hybridized carbons (Fsp3) is 0.786. The van der Waals surface area contributed by atoms with Crippen LogP contribution < -0.4 is 10.0 Å². The second kappa shape index (κ2) is 5.37. The quantitative estimate of drug-likeness (QED) is 0.678. The van der Waals surface area contributed by atoms with E-state index in [0.29, 0.717) is 19.1 Å². The lowest BCUT2D eigenvalue weighted by molar-refractivity contribution is 0.474. The maximum Gasteiger partial charge on any atom is 0.260 e. The number of aryl methyl sites for hydroxylation is 1. The van der Waals surface area contributed by atoms with Crippen LogP contribution in [0.25, 0.3) is 0 Å². The van der Waals surface area contributed by atoms with E-state index in [0.717, 1.165) is 30.5 Å². The highest BCUT2D eigenvalue weighted by molar-refractivity contribution is 7.89. The fourth-order valence-corrected chi connectivity index (χ4v) is 3.89. The zero-order valence-corrected chi connectivity index (χ0v) is 13.5. The van der Waals surface area contributed by atoms with E-state index in [-0.39, 0.29) is 10.4 Å². The van der Waals surface area contributed by atoms with Crippen molar-refractivity contribution >= 4 is 10.0 Å². The summed E-state index contributed by atoms with van der Waals surface area (Å²) < 4.78 is 27.7. The minimum absolute atomic E-state index is 0.153. The molecule has 3 rings (SSSR count). The molecule has 0 unspecified atom stereocenters. The van der Waals surface area contributed by atoms with Crippen molar-refractivity contribution in [2.75, 3.05) is 6.54 Å². The summed E-state index contributed by atoms with van der Waals surface area (Å²) in [6.07, 6.45) is 5.60. The van der Waals surface area contributed by atoms with E-state index in [1.54, 1.807) is 0 Å². The smallest absolute Gasteiger partial charge is 0.260 e. The molecule has 1 aromatic heterocycles. The average Bonchev–Trinajstić information content (AvgIpc) is 3.36. The monoisotopic (exact) mass is 312 g/mol. The van der Waals surface area contributed by atoms with E-state index in [1.807, 2.05) is 6.92 Å². The number of nitrogens with one attached hydrogen (secondary N) is 3. The maximum absolute atomic E-state index is 12.5. The van der Waals surface area contributed by atoms with Crippen LogP contribution in [0.5, 0.6) is 0 Å². The van der Waals surface area contributed by atoms with Crippen LogP contribution in [0, 0.1) is 12.3 Å². The summed E-state index contributed by atoms with van der Waals surface area (Å²) in [7, 11) is -3.53. The van der Waals surface area contributed by atoms with Crippen molar-refractivity contribution in [1.29, 1.82) is 0 Å². The molecule has 1 heterocycles. The number of aromatic amines is 1. The first kappa shape index (κ1) is 15.0. The van der Waals surface area contributed by atoms with Crippen molar-refractivity contribution in [1.82, 2.24) is 20.2 Å². The number of hydrogen-bond donors (Lipinski definition) is 3. The zero-order valence-electron chi connectivity index (χ0n) is 12.7. The first-order valence-corrected chi connectivity index (χ1v) is 9.21. The molecular formula is C14H24N4O2S. The lowest BCUT2D eigenvalue weighted by atomic mass is 10.1. The third-order valence-electron chi connectivity index (χ3n) is 4.78. The molecule has 0 bridgehead atoms. The Morgan fingerprint density at radius 2 is 2.10 bits per heavy atom. The van der Waals surface area contributed by atoms with Gasteiger partial charge in [0.2, 0.25) is 0 Å². The van der Waals surface area contributed by atoms with Gasteiger partial charge in [0.1, 0.15) is 0 Å². The second-order valence-electron chi connectivity index (χ2n) is 6.47. The summed E-state index contributed by atoms with van der Waals surface area (Å²) >= 11 is 0. The molecule has 6 nitrogen and oxygen atoms in total. The predicted octanol–water partition coefficient (Wildman–Crippen LogP) is 1.44. The molecule has 0 saturated heterocycles. The van der Waals surface area contributed by atoms with Gasteiger partial charge in [-0.3, -0.25) is 5.10 Å². The van der Waals surface area contributed by atoms with Crippen molar-refractivity contribution in [3.63, 3.8) is 0 Å². The molecule has 2 fully saturated rings. The molecule has 0 aromatic carbocycles. The summed E-state index contributed by atoms with van der Waals surface area (Å²) in [6, 6.07) is 0.539. The number of nitrogens with zero attached hydrogens (tertiary/aromatic N) is 1. The average molecular weight is 312 g/mol. The van der Waals surface area contributed by atoms with Crippen molar-refractivity contribution in [3.05, 3.63) is 11.3 Å². The van der Waals surface area contributed by atoms with E-state index >= 15 is 0 Å². The molecule has 21 heavy (non-hydrogen) atoms. The van der Waals surface area contributed by atoms with Crippen molar-refractivity contribution < 1.29 is 8.42 Å². The second-order valence-corrected chi connectivity index (χ2v) is 8.15. The van der Waals surface area contributed by atoms with Gasteiger partial charge >= 0.3 is 0 Å². The Morgan fingerprint density at radius 3 is 2.67 bits per heavy atom. The van der Waals surface area contributed by atoms with E-state index in [1.165, 1.54) is 12.8 Å². The van der Waals surface area contributed by atoms with Crippen LogP contribution in [0.4, 0.5) is 0 Å². The van der Waals surface area contributed by atoms with Gasteiger partial charge < -0.3 is 5.32 Å². The van der Waals surface area contributed by atoms with Crippen LogP contribution in [0.3, 0.4) is 0 Å². The molecule has 1 aromatic rings. The van der Waals surface area contributed by atoms with E-state index in [2.05, 4.69) is 27.2 Å². The third-order valence-corrected chi connectivity index (χ3v) is 6.15. The summed E-state index contributed by atoms with van der Waals surface area (Å²) in [4.78, 5) is 0. The highest BCUT2D eigenvalue weighted by atomic mass is 32.2. The van der Waals surface area contributed by atoms with Crippen molar-refractivity contribution in [2.45, 2.75) is 63.6 Å². The van der Waals surface area contributed by atoms with Crippen LogP contribution in [0.1, 0.15) is 50.3 Å². The Kier molecular flexibility index (Phi) is 3.83. The lowest BCUT2D eigenvalue weighted by Crippen LogP contribution is -2.31. The Bertz CT molecular complexity index is 615. The van der Waals surface area contributed by atoms with Gasteiger partial charge in [0.05, 0.1) is 0 Å². The minimum atomic E-state index is -3.53. The molecule has 0 radical (unpaired) electrons. The maximum atomic E-state index is 12.5. The normalized spacial score (nSPS) is 20.7. The Labute approximate surface area is 126 Å². The molecule has 2 aliphatic carbocycles. The van der Waals surface area contributed by atoms with Crippen LogP contribution in [-0.4, -0.2) is 31.2 Å². The summed E-state index contributed by atoms with van der Waals surface area (Å²) in [6.45, 7) is 5.06. The largest absolute Gasteiger partial charge is 0.310 e. The number of sulfonamides is 1. The van der Waals surface area contributed by atoms with Crippen molar-refractivity contribution in [3.8, 4) is 0 Å². The Hall–Kier alpha value is -0.920. The molecule has 2 saturated carbocycles. The third kappa shape index (κ3) is 3.30. The summed E-state index contributed by atoms with van der Waals surface area (Å²) in [5.74, 6) is 0. The standard InChI is InChI=1S/C14H24N4O2S/c1-3-14(6-7-14)9-16-21(19,20)13-12(10(2)17-18-13)8-15-11-4-5-11/h11,15-16H,3-9H2,1-2H3,(H,17,18). The van der Waals surface area contributed by atoms with Gasteiger partial charge in [-0.1, -0.05) is 6.92 Å². The highest BCUT2D eigenvalue weighted by Crippen LogP contribution is 2.48. The van der Waals surface area contributed by atoms with Crippen LogP contribution in [0.15, 0.2) is 5.03 Å². The van der Waals surface area contributed by atoms with E-state index in [9.17, 15) is 8.42 Å². The van der Waals surface area contributed by atoms with E-state index in [4.69, 9.17) is 0 Å². The molecule has 0 amide bonds. The summed E-state index contributed by atoms with van der Waals surface area (Å²) in [5, 5.41) is 10.3. The molecule has 0 atom stereocenters. The van der Waals surface area contributed by atoms with Gasteiger partial charge in [-0.15, -0.1) is 0 Å². The van der Waals surface area contributed by atoms with Crippen molar-refractivity contribution in [2.24, 2.45) is 5.41 Å². The first-order chi connectivity index (χ1) is 9.96. The number of rotatable bonds is 8. The number of aromatic nitrogens is 2. The van der Waals surface area contributed by atoms with Crippen LogP contribution in [-0.2, 0) is 16.6 Å².